The molecule has 0 bridgehead atoms. The van der Waals surface area contributed by atoms with Crippen LogP contribution in [0.2, 0.25) is 0 Å². The van der Waals surface area contributed by atoms with Crippen LogP contribution in [0.25, 0.3) is 0 Å². The SMILES string of the molecule is CCC(c1ccccc1)C(NN)C1CCOC1. The summed E-state index contributed by atoms with van der Waals surface area (Å²) in [6, 6.07) is 10.9. The van der Waals surface area contributed by atoms with Crippen molar-refractivity contribution in [3.8, 4) is 0 Å². The maximum atomic E-state index is 5.76. The third kappa shape index (κ3) is 2.86. The lowest BCUT2D eigenvalue weighted by Gasteiger charge is -2.30. The van der Waals surface area contributed by atoms with Crippen LogP contribution in [0.5, 0.6) is 0 Å². The van der Waals surface area contributed by atoms with Crippen LogP contribution in [0, 0.1) is 5.92 Å². The Morgan fingerprint density at radius 1 is 1.41 bits per heavy atom. The van der Waals surface area contributed by atoms with E-state index in [1.807, 2.05) is 0 Å². The number of hydrazine groups is 1. The fourth-order valence-electron chi connectivity index (χ4n) is 2.81. The van der Waals surface area contributed by atoms with Gasteiger partial charge in [-0.1, -0.05) is 37.3 Å². The Labute approximate surface area is 103 Å². The predicted octanol–water partition coefficient (Wildman–Crippen LogP) is 2.05. The van der Waals surface area contributed by atoms with Gasteiger partial charge in [0.25, 0.3) is 0 Å². The van der Waals surface area contributed by atoms with Crippen LogP contribution in [0.15, 0.2) is 30.3 Å². The fraction of sp³-hybridized carbons (Fsp3) is 0.571. The zero-order valence-corrected chi connectivity index (χ0v) is 10.4. The molecule has 3 nitrogen and oxygen atoms in total. The normalized spacial score (nSPS) is 23.5. The zero-order chi connectivity index (χ0) is 12.1. The van der Waals surface area contributed by atoms with Gasteiger partial charge in [0.1, 0.15) is 0 Å². The monoisotopic (exact) mass is 234 g/mol. The summed E-state index contributed by atoms with van der Waals surface area (Å²) in [4.78, 5) is 0. The van der Waals surface area contributed by atoms with E-state index in [0.717, 1.165) is 26.1 Å². The van der Waals surface area contributed by atoms with E-state index in [2.05, 4.69) is 42.7 Å². The first-order valence-electron chi connectivity index (χ1n) is 6.45. The van der Waals surface area contributed by atoms with Crippen molar-refractivity contribution in [2.45, 2.75) is 31.7 Å². The Morgan fingerprint density at radius 3 is 2.71 bits per heavy atom. The first kappa shape index (κ1) is 12.6. The van der Waals surface area contributed by atoms with E-state index in [4.69, 9.17) is 10.6 Å². The van der Waals surface area contributed by atoms with Gasteiger partial charge in [0.05, 0.1) is 6.61 Å². The molecule has 1 heterocycles. The van der Waals surface area contributed by atoms with Crippen molar-refractivity contribution in [1.82, 2.24) is 5.43 Å². The molecular weight excluding hydrogens is 212 g/mol. The Balaban J connectivity index is 2.15. The first-order chi connectivity index (χ1) is 8.36. The van der Waals surface area contributed by atoms with Crippen LogP contribution in [-0.2, 0) is 4.74 Å². The van der Waals surface area contributed by atoms with Crippen molar-refractivity contribution >= 4 is 0 Å². The average molecular weight is 234 g/mol. The number of nitrogens with one attached hydrogen (secondary N) is 1. The van der Waals surface area contributed by atoms with E-state index in [1.165, 1.54) is 5.56 Å². The van der Waals surface area contributed by atoms with Crippen LogP contribution in [-0.4, -0.2) is 19.3 Å². The molecule has 1 aromatic rings. The van der Waals surface area contributed by atoms with Gasteiger partial charge >= 0.3 is 0 Å². The summed E-state index contributed by atoms with van der Waals surface area (Å²) in [5.74, 6) is 6.76. The van der Waals surface area contributed by atoms with E-state index in [-0.39, 0.29) is 0 Å². The second-order valence-electron chi connectivity index (χ2n) is 4.74. The molecule has 1 aromatic carbocycles. The molecule has 94 valence electrons. The molecule has 17 heavy (non-hydrogen) atoms. The number of hydrogen-bond donors (Lipinski definition) is 2. The van der Waals surface area contributed by atoms with Crippen LogP contribution in [0.1, 0.15) is 31.2 Å². The highest BCUT2D eigenvalue weighted by molar-refractivity contribution is 5.21. The van der Waals surface area contributed by atoms with Gasteiger partial charge in [0.2, 0.25) is 0 Å². The highest BCUT2D eigenvalue weighted by Crippen LogP contribution is 2.30. The van der Waals surface area contributed by atoms with Crippen molar-refractivity contribution < 1.29 is 4.74 Å². The highest BCUT2D eigenvalue weighted by atomic mass is 16.5. The molecule has 0 aromatic heterocycles. The second kappa shape index (κ2) is 6.15. The molecule has 1 aliphatic rings. The summed E-state index contributed by atoms with van der Waals surface area (Å²) >= 11 is 0. The number of nitrogens with two attached hydrogens (primary N) is 1. The van der Waals surface area contributed by atoms with Gasteiger partial charge in [-0.2, -0.15) is 0 Å². The summed E-state index contributed by atoms with van der Waals surface area (Å²) in [6.07, 6.45) is 2.20. The van der Waals surface area contributed by atoms with Gasteiger partial charge < -0.3 is 4.74 Å². The molecule has 1 fully saturated rings. The summed E-state index contributed by atoms with van der Waals surface area (Å²) in [5, 5.41) is 0. The molecule has 3 heteroatoms. The number of ether oxygens (including phenoxy) is 1. The fourth-order valence-corrected chi connectivity index (χ4v) is 2.81. The summed E-state index contributed by atoms with van der Waals surface area (Å²) in [6.45, 7) is 3.92. The summed E-state index contributed by atoms with van der Waals surface area (Å²) < 4.78 is 5.47. The molecule has 3 N–H and O–H groups in total. The highest BCUT2D eigenvalue weighted by Gasteiger charge is 2.31. The lowest BCUT2D eigenvalue weighted by molar-refractivity contribution is 0.171. The van der Waals surface area contributed by atoms with Crippen molar-refractivity contribution in [3.05, 3.63) is 35.9 Å². The van der Waals surface area contributed by atoms with E-state index in [0.29, 0.717) is 17.9 Å². The smallest absolute Gasteiger partial charge is 0.0510 e. The summed E-state index contributed by atoms with van der Waals surface area (Å²) in [5.41, 5.74) is 4.38. The molecule has 3 unspecified atom stereocenters. The lowest BCUT2D eigenvalue weighted by atomic mass is 9.82. The Hall–Kier alpha value is -0.900. The van der Waals surface area contributed by atoms with Crippen LogP contribution in [0.4, 0.5) is 0 Å². The largest absolute Gasteiger partial charge is 0.381 e. The number of hydrogen-bond acceptors (Lipinski definition) is 3. The minimum atomic E-state index is 0.310. The number of benzene rings is 1. The van der Waals surface area contributed by atoms with Crippen molar-refractivity contribution in [2.24, 2.45) is 11.8 Å². The Bertz CT molecular complexity index is 322. The molecule has 3 atom stereocenters. The molecule has 0 amide bonds. The molecular formula is C14H22N2O. The van der Waals surface area contributed by atoms with Gasteiger partial charge in [0.15, 0.2) is 0 Å². The maximum absolute atomic E-state index is 5.76. The molecule has 0 saturated carbocycles. The van der Waals surface area contributed by atoms with Crippen molar-refractivity contribution in [3.63, 3.8) is 0 Å². The Morgan fingerprint density at radius 2 is 2.18 bits per heavy atom. The van der Waals surface area contributed by atoms with Gasteiger partial charge in [-0.05, 0) is 18.4 Å². The quantitative estimate of drug-likeness (QED) is 0.605. The van der Waals surface area contributed by atoms with Crippen LogP contribution < -0.4 is 11.3 Å². The minimum Gasteiger partial charge on any atom is -0.381 e. The third-order valence-corrected chi connectivity index (χ3v) is 3.77. The molecule has 2 rings (SSSR count). The summed E-state index contributed by atoms with van der Waals surface area (Å²) in [7, 11) is 0. The topological polar surface area (TPSA) is 47.3 Å². The van der Waals surface area contributed by atoms with Crippen molar-refractivity contribution in [2.75, 3.05) is 13.2 Å². The third-order valence-electron chi connectivity index (χ3n) is 3.77. The zero-order valence-electron chi connectivity index (χ0n) is 10.4. The first-order valence-corrected chi connectivity index (χ1v) is 6.45. The van der Waals surface area contributed by atoms with Gasteiger partial charge in [-0.25, -0.2) is 0 Å². The standard InChI is InChI=1S/C14H22N2O/c1-2-13(11-6-4-3-5-7-11)14(16-15)12-8-9-17-10-12/h3-7,12-14,16H,2,8-10,15H2,1H3. The molecule has 1 aliphatic heterocycles. The van der Waals surface area contributed by atoms with E-state index < -0.39 is 0 Å². The van der Waals surface area contributed by atoms with Gasteiger partial charge in [0, 0.05) is 24.5 Å². The van der Waals surface area contributed by atoms with Crippen LogP contribution in [0.3, 0.4) is 0 Å². The molecule has 0 radical (unpaired) electrons. The molecule has 1 saturated heterocycles. The van der Waals surface area contributed by atoms with Crippen molar-refractivity contribution in [1.29, 1.82) is 0 Å². The van der Waals surface area contributed by atoms with Gasteiger partial charge in [-0.3, -0.25) is 11.3 Å². The maximum Gasteiger partial charge on any atom is 0.0510 e. The van der Waals surface area contributed by atoms with Gasteiger partial charge in [-0.15, -0.1) is 0 Å². The average Bonchev–Trinajstić information content (AvgIpc) is 2.90. The lowest BCUT2D eigenvalue weighted by Crippen LogP contribution is -2.45. The van der Waals surface area contributed by atoms with E-state index >= 15 is 0 Å². The molecule has 0 aliphatic carbocycles. The molecule has 0 spiro atoms. The van der Waals surface area contributed by atoms with E-state index in [1.54, 1.807) is 0 Å². The Kier molecular flexibility index (Phi) is 4.54. The van der Waals surface area contributed by atoms with E-state index in [9.17, 15) is 0 Å². The predicted molar refractivity (Wildman–Crippen MR) is 69.5 cm³/mol. The van der Waals surface area contributed by atoms with Crippen LogP contribution >= 0.6 is 0 Å². The second-order valence-corrected chi connectivity index (χ2v) is 4.74. The minimum absolute atomic E-state index is 0.310. The number of rotatable bonds is 5.